The van der Waals surface area contributed by atoms with Gasteiger partial charge >= 0.3 is 6.09 Å². The summed E-state index contributed by atoms with van der Waals surface area (Å²) in [6, 6.07) is 8.24. The Labute approximate surface area is 140 Å². The van der Waals surface area contributed by atoms with E-state index in [-0.39, 0.29) is 6.09 Å². The summed E-state index contributed by atoms with van der Waals surface area (Å²) in [5.74, 6) is 0.632. The lowest BCUT2D eigenvalue weighted by molar-refractivity contribution is 0.192. The van der Waals surface area contributed by atoms with Crippen LogP contribution in [-0.2, 0) is 6.42 Å². The minimum absolute atomic E-state index is 0.290. The van der Waals surface area contributed by atoms with Gasteiger partial charge in [-0.25, -0.2) is 4.79 Å². The van der Waals surface area contributed by atoms with Crippen LogP contribution in [0.15, 0.2) is 24.3 Å². The number of hydrogen-bond donors (Lipinski definition) is 1. The number of hydrogen-bond acceptors (Lipinski definition) is 2. The molecule has 1 aromatic carbocycles. The molecule has 3 nitrogen and oxygen atoms in total. The zero-order valence-electron chi connectivity index (χ0n) is 14.5. The van der Waals surface area contributed by atoms with Crippen LogP contribution in [0.1, 0.15) is 76.7 Å². The van der Waals surface area contributed by atoms with Crippen LogP contribution < -0.4 is 10.1 Å². The van der Waals surface area contributed by atoms with E-state index in [1.807, 2.05) is 12.1 Å². The molecule has 0 bridgehead atoms. The summed E-state index contributed by atoms with van der Waals surface area (Å²) in [6.07, 6.45) is 13.1. The predicted octanol–water partition coefficient (Wildman–Crippen LogP) is 5.62. The van der Waals surface area contributed by atoms with E-state index in [9.17, 15) is 4.79 Å². The molecule has 2 rings (SSSR count). The number of benzene rings is 1. The van der Waals surface area contributed by atoms with Gasteiger partial charge in [0.05, 0.1) is 0 Å². The molecule has 3 heteroatoms. The molecule has 0 unspecified atom stereocenters. The molecule has 0 radical (unpaired) electrons. The van der Waals surface area contributed by atoms with Gasteiger partial charge in [-0.05, 0) is 43.4 Å². The van der Waals surface area contributed by atoms with Crippen LogP contribution >= 0.6 is 0 Å². The van der Waals surface area contributed by atoms with Crippen LogP contribution in [0.2, 0.25) is 0 Å². The van der Waals surface area contributed by atoms with E-state index in [0.717, 1.165) is 19.3 Å². The summed E-state index contributed by atoms with van der Waals surface area (Å²) in [7, 11) is 0. The minimum Gasteiger partial charge on any atom is -0.410 e. The molecule has 128 valence electrons. The quantitative estimate of drug-likeness (QED) is 0.632. The Morgan fingerprint density at radius 2 is 1.74 bits per heavy atom. The maximum Gasteiger partial charge on any atom is 0.412 e. The van der Waals surface area contributed by atoms with Gasteiger partial charge in [-0.2, -0.15) is 0 Å². The van der Waals surface area contributed by atoms with E-state index in [0.29, 0.717) is 11.8 Å². The number of ether oxygens (including phenoxy) is 1. The molecule has 0 atom stereocenters. The molecule has 1 aliphatic carbocycles. The molecule has 1 fully saturated rings. The fourth-order valence-electron chi connectivity index (χ4n) is 3.21. The van der Waals surface area contributed by atoms with Gasteiger partial charge in [0.1, 0.15) is 5.75 Å². The van der Waals surface area contributed by atoms with Crippen molar-refractivity contribution >= 4 is 6.09 Å². The summed E-state index contributed by atoms with van der Waals surface area (Å²) in [5, 5.41) is 2.97. The molecule has 0 aromatic heterocycles. The van der Waals surface area contributed by atoms with Crippen LogP contribution in [0.3, 0.4) is 0 Å². The fraction of sp³-hybridized carbons (Fsp3) is 0.650. The number of carbonyl (C=O) groups excluding carboxylic acids is 1. The molecule has 0 spiro atoms. The van der Waals surface area contributed by atoms with E-state index in [2.05, 4.69) is 24.4 Å². The second-order valence-corrected chi connectivity index (χ2v) is 6.68. The molecule has 1 saturated carbocycles. The monoisotopic (exact) mass is 317 g/mol. The third kappa shape index (κ3) is 7.06. The SMILES string of the molecule is CCCCCCCc1ccc(OC(=O)NC2CCCCC2)cc1. The third-order valence-electron chi connectivity index (χ3n) is 4.63. The maximum absolute atomic E-state index is 11.9. The van der Waals surface area contributed by atoms with Gasteiger partial charge in [-0.15, -0.1) is 0 Å². The van der Waals surface area contributed by atoms with E-state index in [1.54, 1.807) is 0 Å². The lowest BCUT2D eigenvalue weighted by atomic mass is 9.96. The number of aryl methyl sites for hydroxylation is 1. The van der Waals surface area contributed by atoms with Crippen molar-refractivity contribution in [3.05, 3.63) is 29.8 Å². The van der Waals surface area contributed by atoms with Crippen molar-refractivity contribution in [2.45, 2.75) is 83.6 Å². The lowest BCUT2D eigenvalue weighted by Gasteiger charge is -2.22. The van der Waals surface area contributed by atoms with Gasteiger partial charge in [0.15, 0.2) is 0 Å². The van der Waals surface area contributed by atoms with Gasteiger partial charge in [0.2, 0.25) is 0 Å². The first-order valence-corrected chi connectivity index (χ1v) is 9.35. The minimum atomic E-state index is -0.316. The van der Waals surface area contributed by atoms with Crippen LogP contribution in [0.4, 0.5) is 4.79 Å². The molecule has 1 amide bonds. The molecule has 1 N–H and O–H groups in total. The Morgan fingerprint density at radius 1 is 1.04 bits per heavy atom. The van der Waals surface area contributed by atoms with E-state index in [4.69, 9.17) is 4.74 Å². The van der Waals surface area contributed by atoms with Gasteiger partial charge in [0, 0.05) is 6.04 Å². The number of nitrogens with one attached hydrogen (secondary N) is 1. The van der Waals surface area contributed by atoms with E-state index < -0.39 is 0 Å². The number of amides is 1. The largest absolute Gasteiger partial charge is 0.412 e. The zero-order valence-corrected chi connectivity index (χ0v) is 14.5. The highest BCUT2D eigenvalue weighted by molar-refractivity contribution is 5.70. The predicted molar refractivity (Wildman–Crippen MR) is 94.9 cm³/mol. The summed E-state index contributed by atoms with van der Waals surface area (Å²) in [5.41, 5.74) is 1.32. The lowest BCUT2D eigenvalue weighted by Crippen LogP contribution is -2.37. The average molecular weight is 317 g/mol. The fourth-order valence-corrected chi connectivity index (χ4v) is 3.21. The van der Waals surface area contributed by atoms with Crippen molar-refractivity contribution in [3.8, 4) is 5.75 Å². The van der Waals surface area contributed by atoms with Crippen LogP contribution in [0.5, 0.6) is 5.75 Å². The molecule has 23 heavy (non-hydrogen) atoms. The van der Waals surface area contributed by atoms with Crippen molar-refractivity contribution in [2.75, 3.05) is 0 Å². The Morgan fingerprint density at radius 3 is 2.43 bits per heavy atom. The van der Waals surface area contributed by atoms with Gasteiger partial charge in [0.25, 0.3) is 0 Å². The zero-order chi connectivity index (χ0) is 16.3. The molecule has 0 saturated heterocycles. The number of rotatable bonds is 8. The normalized spacial score (nSPS) is 15.3. The topological polar surface area (TPSA) is 38.3 Å². The van der Waals surface area contributed by atoms with Gasteiger partial charge < -0.3 is 10.1 Å². The molecular weight excluding hydrogens is 286 g/mol. The van der Waals surface area contributed by atoms with Crippen molar-refractivity contribution in [2.24, 2.45) is 0 Å². The number of unbranched alkanes of at least 4 members (excludes halogenated alkanes) is 4. The Kier molecular flexibility index (Phi) is 7.99. The number of carbonyl (C=O) groups is 1. The highest BCUT2D eigenvalue weighted by Crippen LogP contribution is 2.18. The second kappa shape index (κ2) is 10.3. The molecule has 1 aromatic rings. The first kappa shape index (κ1) is 17.8. The van der Waals surface area contributed by atoms with Crippen LogP contribution in [-0.4, -0.2) is 12.1 Å². The van der Waals surface area contributed by atoms with Crippen molar-refractivity contribution in [1.29, 1.82) is 0 Å². The highest BCUT2D eigenvalue weighted by atomic mass is 16.6. The molecular formula is C20H31NO2. The molecule has 0 heterocycles. The van der Waals surface area contributed by atoms with Crippen LogP contribution in [0.25, 0.3) is 0 Å². The smallest absolute Gasteiger partial charge is 0.410 e. The van der Waals surface area contributed by atoms with Crippen LogP contribution in [0, 0.1) is 0 Å². The second-order valence-electron chi connectivity index (χ2n) is 6.68. The highest BCUT2D eigenvalue weighted by Gasteiger charge is 2.16. The van der Waals surface area contributed by atoms with E-state index in [1.165, 1.54) is 56.9 Å². The van der Waals surface area contributed by atoms with E-state index >= 15 is 0 Å². The van der Waals surface area contributed by atoms with Gasteiger partial charge in [-0.1, -0.05) is 64.0 Å². The van der Waals surface area contributed by atoms with Gasteiger partial charge in [-0.3, -0.25) is 0 Å². The van der Waals surface area contributed by atoms with Crippen molar-refractivity contribution < 1.29 is 9.53 Å². The van der Waals surface area contributed by atoms with Crippen molar-refractivity contribution in [1.82, 2.24) is 5.32 Å². The first-order chi connectivity index (χ1) is 11.3. The molecule has 0 aliphatic heterocycles. The summed E-state index contributed by atoms with van der Waals surface area (Å²) >= 11 is 0. The average Bonchev–Trinajstić information content (AvgIpc) is 2.57. The molecule has 1 aliphatic rings. The van der Waals surface area contributed by atoms with Crippen molar-refractivity contribution in [3.63, 3.8) is 0 Å². The Balaban J connectivity index is 1.68. The summed E-state index contributed by atoms with van der Waals surface area (Å²) in [4.78, 5) is 11.9. The summed E-state index contributed by atoms with van der Waals surface area (Å²) in [6.45, 7) is 2.24. The summed E-state index contributed by atoms with van der Waals surface area (Å²) < 4.78 is 5.38. The third-order valence-corrected chi connectivity index (χ3v) is 4.63. The standard InChI is InChI=1S/C20H31NO2/c1-2-3-4-5-7-10-17-13-15-19(16-14-17)23-20(22)21-18-11-8-6-9-12-18/h13-16,18H,2-12H2,1H3,(H,21,22). The first-order valence-electron chi connectivity index (χ1n) is 9.35. The maximum atomic E-state index is 11.9. The Hall–Kier alpha value is -1.51. The Bertz CT molecular complexity index is 449.